The molecule has 1 fully saturated rings. The van der Waals surface area contributed by atoms with E-state index >= 15 is 0 Å². The lowest BCUT2D eigenvalue weighted by atomic mass is 9.98. The van der Waals surface area contributed by atoms with Crippen LogP contribution in [-0.2, 0) is 17.6 Å². The molecule has 0 bridgehead atoms. The number of aryl methyl sites for hydroxylation is 1. The number of nitrogens with one attached hydrogen (secondary N) is 1. The van der Waals surface area contributed by atoms with E-state index in [9.17, 15) is 4.79 Å². The van der Waals surface area contributed by atoms with Gasteiger partial charge in [0.15, 0.2) is 0 Å². The Kier molecular flexibility index (Phi) is 4.59. The van der Waals surface area contributed by atoms with Crippen LogP contribution < -0.4 is 11.1 Å². The smallest absolute Gasteiger partial charge is 0.240 e. The quantitative estimate of drug-likeness (QED) is 0.852. The zero-order chi connectivity index (χ0) is 13.7. The van der Waals surface area contributed by atoms with Gasteiger partial charge in [0.25, 0.3) is 0 Å². The van der Waals surface area contributed by atoms with Gasteiger partial charge in [-0.2, -0.15) is 0 Å². The highest BCUT2D eigenvalue weighted by molar-refractivity contribution is 5.86. The molecule has 3 heteroatoms. The van der Waals surface area contributed by atoms with Gasteiger partial charge in [0.05, 0.1) is 5.54 Å². The van der Waals surface area contributed by atoms with Gasteiger partial charge >= 0.3 is 0 Å². The number of nitrogens with two attached hydrogens (primary N) is 1. The molecule has 0 aliphatic heterocycles. The van der Waals surface area contributed by atoms with Gasteiger partial charge in [0.1, 0.15) is 0 Å². The van der Waals surface area contributed by atoms with Gasteiger partial charge in [0, 0.05) is 6.54 Å². The third-order valence-electron chi connectivity index (χ3n) is 4.08. The summed E-state index contributed by atoms with van der Waals surface area (Å²) in [5, 5.41) is 2.98. The van der Waals surface area contributed by atoms with E-state index in [4.69, 9.17) is 5.73 Å². The third kappa shape index (κ3) is 3.57. The minimum absolute atomic E-state index is 0.0233. The Labute approximate surface area is 115 Å². The Hall–Kier alpha value is -1.35. The second-order valence-corrected chi connectivity index (χ2v) is 5.54. The first-order chi connectivity index (χ1) is 9.14. The first kappa shape index (κ1) is 14.1. The molecular formula is C16H24N2O. The van der Waals surface area contributed by atoms with Crippen molar-refractivity contribution in [2.24, 2.45) is 5.73 Å². The molecule has 2 rings (SSSR count). The minimum Gasteiger partial charge on any atom is -0.354 e. The third-order valence-corrected chi connectivity index (χ3v) is 4.08. The van der Waals surface area contributed by atoms with E-state index in [-0.39, 0.29) is 5.91 Å². The maximum absolute atomic E-state index is 12.0. The Morgan fingerprint density at radius 3 is 2.37 bits per heavy atom. The van der Waals surface area contributed by atoms with E-state index < -0.39 is 5.54 Å². The Morgan fingerprint density at radius 2 is 1.79 bits per heavy atom. The van der Waals surface area contributed by atoms with Gasteiger partial charge in [0.2, 0.25) is 5.91 Å². The number of hydrogen-bond acceptors (Lipinski definition) is 2. The van der Waals surface area contributed by atoms with Crippen LogP contribution in [0.25, 0.3) is 0 Å². The lowest BCUT2D eigenvalue weighted by molar-refractivity contribution is -0.126. The Balaban J connectivity index is 1.78. The van der Waals surface area contributed by atoms with Crippen molar-refractivity contribution in [2.45, 2.75) is 51.0 Å². The molecule has 0 radical (unpaired) electrons. The maximum atomic E-state index is 12.0. The number of amides is 1. The number of rotatable bonds is 5. The predicted molar refractivity (Wildman–Crippen MR) is 77.9 cm³/mol. The lowest BCUT2D eigenvalue weighted by Crippen LogP contribution is -2.52. The van der Waals surface area contributed by atoms with Gasteiger partial charge in [-0.1, -0.05) is 44.0 Å². The van der Waals surface area contributed by atoms with Gasteiger partial charge in [-0.05, 0) is 36.8 Å². The minimum atomic E-state index is -0.605. The zero-order valence-corrected chi connectivity index (χ0v) is 11.7. The second-order valence-electron chi connectivity index (χ2n) is 5.54. The topological polar surface area (TPSA) is 55.1 Å². The van der Waals surface area contributed by atoms with E-state index in [0.29, 0.717) is 6.54 Å². The van der Waals surface area contributed by atoms with Crippen LogP contribution in [0.2, 0.25) is 0 Å². The summed E-state index contributed by atoms with van der Waals surface area (Å²) < 4.78 is 0. The van der Waals surface area contributed by atoms with Crippen molar-refractivity contribution in [2.75, 3.05) is 6.54 Å². The van der Waals surface area contributed by atoms with E-state index in [2.05, 4.69) is 36.5 Å². The van der Waals surface area contributed by atoms with Crippen molar-refractivity contribution < 1.29 is 4.79 Å². The molecule has 1 aromatic carbocycles. The van der Waals surface area contributed by atoms with E-state index in [1.54, 1.807) is 0 Å². The highest BCUT2D eigenvalue weighted by atomic mass is 16.2. The van der Waals surface area contributed by atoms with Crippen molar-refractivity contribution in [3.05, 3.63) is 35.4 Å². The second kappa shape index (κ2) is 6.20. The molecule has 0 saturated heterocycles. The van der Waals surface area contributed by atoms with Crippen LogP contribution >= 0.6 is 0 Å². The normalized spacial score (nSPS) is 17.4. The fraction of sp³-hybridized carbons (Fsp3) is 0.562. The van der Waals surface area contributed by atoms with E-state index in [1.807, 2.05) is 0 Å². The summed E-state index contributed by atoms with van der Waals surface area (Å²) in [5.74, 6) is 0.0233. The highest BCUT2D eigenvalue weighted by Crippen LogP contribution is 2.27. The molecule has 3 nitrogen and oxygen atoms in total. The van der Waals surface area contributed by atoms with Crippen LogP contribution in [0.5, 0.6) is 0 Å². The standard InChI is InChI=1S/C16H24N2O/c1-2-13-5-7-14(8-6-13)9-12-18-15(19)16(17)10-3-4-11-16/h5-8H,2-4,9-12,17H2,1H3,(H,18,19). The highest BCUT2D eigenvalue weighted by Gasteiger charge is 2.36. The number of carbonyl (C=O) groups is 1. The van der Waals surface area contributed by atoms with Crippen molar-refractivity contribution in [1.29, 1.82) is 0 Å². The van der Waals surface area contributed by atoms with Crippen LogP contribution in [0, 0.1) is 0 Å². The maximum Gasteiger partial charge on any atom is 0.240 e. The molecule has 1 amide bonds. The van der Waals surface area contributed by atoms with Crippen molar-refractivity contribution >= 4 is 5.91 Å². The summed E-state index contributed by atoms with van der Waals surface area (Å²) in [6.45, 7) is 2.82. The number of carbonyl (C=O) groups excluding carboxylic acids is 1. The zero-order valence-electron chi connectivity index (χ0n) is 11.7. The van der Waals surface area contributed by atoms with Crippen molar-refractivity contribution in [1.82, 2.24) is 5.32 Å². The van der Waals surface area contributed by atoms with Crippen molar-refractivity contribution in [3.63, 3.8) is 0 Å². The van der Waals surface area contributed by atoms with E-state index in [0.717, 1.165) is 38.5 Å². The Bertz CT molecular complexity index is 419. The molecule has 104 valence electrons. The summed E-state index contributed by atoms with van der Waals surface area (Å²) in [6.07, 6.45) is 5.72. The van der Waals surface area contributed by atoms with Crippen molar-refractivity contribution in [3.8, 4) is 0 Å². The van der Waals surface area contributed by atoms with Crippen LogP contribution in [0.3, 0.4) is 0 Å². The first-order valence-corrected chi connectivity index (χ1v) is 7.29. The average molecular weight is 260 g/mol. The molecular weight excluding hydrogens is 236 g/mol. The molecule has 1 aromatic rings. The number of hydrogen-bond donors (Lipinski definition) is 2. The van der Waals surface area contributed by atoms with Gasteiger partial charge in [-0.3, -0.25) is 4.79 Å². The molecule has 0 atom stereocenters. The molecule has 19 heavy (non-hydrogen) atoms. The molecule has 0 spiro atoms. The monoisotopic (exact) mass is 260 g/mol. The van der Waals surface area contributed by atoms with Gasteiger partial charge in [-0.25, -0.2) is 0 Å². The summed E-state index contributed by atoms with van der Waals surface area (Å²) in [4.78, 5) is 12.0. The van der Waals surface area contributed by atoms with Gasteiger partial charge in [-0.15, -0.1) is 0 Å². The largest absolute Gasteiger partial charge is 0.354 e. The molecule has 0 unspecified atom stereocenters. The molecule has 1 saturated carbocycles. The molecule has 3 N–H and O–H groups in total. The SMILES string of the molecule is CCc1ccc(CCNC(=O)C2(N)CCCC2)cc1. The fourth-order valence-electron chi connectivity index (χ4n) is 2.67. The van der Waals surface area contributed by atoms with E-state index in [1.165, 1.54) is 11.1 Å². The lowest BCUT2D eigenvalue weighted by Gasteiger charge is -2.22. The summed E-state index contributed by atoms with van der Waals surface area (Å²) in [7, 11) is 0. The summed E-state index contributed by atoms with van der Waals surface area (Å²) >= 11 is 0. The van der Waals surface area contributed by atoms with Gasteiger partial charge < -0.3 is 11.1 Å². The molecule has 0 heterocycles. The van der Waals surface area contributed by atoms with Crippen LogP contribution in [-0.4, -0.2) is 18.0 Å². The predicted octanol–water partition coefficient (Wildman–Crippen LogP) is 2.18. The first-order valence-electron chi connectivity index (χ1n) is 7.29. The summed E-state index contributed by atoms with van der Waals surface area (Å²) in [6, 6.07) is 8.58. The summed E-state index contributed by atoms with van der Waals surface area (Å²) in [5.41, 5.74) is 8.11. The van der Waals surface area contributed by atoms with Crippen LogP contribution in [0.15, 0.2) is 24.3 Å². The average Bonchev–Trinajstić information content (AvgIpc) is 2.88. The van der Waals surface area contributed by atoms with Crippen LogP contribution in [0.1, 0.15) is 43.7 Å². The molecule has 0 aromatic heterocycles. The fourth-order valence-corrected chi connectivity index (χ4v) is 2.67. The Morgan fingerprint density at radius 1 is 1.21 bits per heavy atom. The molecule has 1 aliphatic carbocycles. The molecule has 1 aliphatic rings. The van der Waals surface area contributed by atoms with Crippen LogP contribution in [0.4, 0.5) is 0 Å². The number of benzene rings is 1.